The van der Waals surface area contributed by atoms with Crippen molar-refractivity contribution in [3.63, 3.8) is 0 Å². The predicted octanol–water partition coefficient (Wildman–Crippen LogP) is 2.44. The minimum Gasteiger partial charge on any atom is -0.478 e. The van der Waals surface area contributed by atoms with Crippen LogP contribution < -0.4 is 0 Å². The maximum absolute atomic E-state index is 12.5. The highest BCUT2D eigenvalue weighted by Crippen LogP contribution is 2.24. The van der Waals surface area contributed by atoms with Crippen LogP contribution in [0.1, 0.15) is 42.7 Å². The van der Waals surface area contributed by atoms with Gasteiger partial charge in [0.2, 0.25) is 0 Å². The van der Waals surface area contributed by atoms with Crippen molar-refractivity contribution in [2.75, 3.05) is 6.54 Å². The summed E-state index contributed by atoms with van der Waals surface area (Å²) in [6.45, 7) is 5.01. The third-order valence-corrected chi connectivity index (χ3v) is 4.06. The van der Waals surface area contributed by atoms with E-state index in [1.54, 1.807) is 12.1 Å². The van der Waals surface area contributed by atoms with Gasteiger partial charge in [0.1, 0.15) is 5.69 Å². The molecule has 1 aromatic heterocycles. The molecule has 21 heavy (non-hydrogen) atoms. The molecule has 1 saturated heterocycles. The van der Waals surface area contributed by atoms with Crippen LogP contribution in [-0.4, -0.2) is 39.5 Å². The summed E-state index contributed by atoms with van der Waals surface area (Å²) in [7, 11) is 0. The Morgan fingerprint density at radius 1 is 1.38 bits per heavy atom. The summed E-state index contributed by atoms with van der Waals surface area (Å²) in [5, 5.41) is 8.57. The van der Waals surface area contributed by atoms with Gasteiger partial charge in [-0.25, -0.2) is 4.79 Å². The number of aromatic nitrogens is 1. The van der Waals surface area contributed by atoms with Gasteiger partial charge in [0.25, 0.3) is 5.91 Å². The van der Waals surface area contributed by atoms with Crippen LogP contribution in [0.2, 0.25) is 0 Å². The Kier molecular flexibility index (Phi) is 4.73. The van der Waals surface area contributed by atoms with E-state index in [2.05, 4.69) is 18.8 Å². The van der Waals surface area contributed by atoms with Gasteiger partial charge in [-0.15, -0.1) is 0 Å². The van der Waals surface area contributed by atoms with E-state index in [0.717, 1.165) is 25.5 Å². The van der Waals surface area contributed by atoms with Crippen LogP contribution in [0.15, 0.2) is 24.4 Å². The molecule has 0 saturated carbocycles. The molecule has 0 aromatic carbocycles. The Morgan fingerprint density at radius 3 is 2.76 bits per heavy atom. The van der Waals surface area contributed by atoms with Gasteiger partial charge >= 0.3 is 5.97 Å². The highest BCUT2D eigenvalue weighted by molar-refractivity contribution is 5.93. The first-order valence-corrected chi connectivity index (χ1v) is 7.17. The molecule has 1 aliphatic rings. The highest BCUT2D eigenvalue weighted by atomic mass is 16.4. The van der Waals surface area contributed by atoms with E-state index < -0.39 is 5.97 Å². The Morgan fingerprint density at radius 2 is 2.14 bits per heavy atom. The summed E-state index contributed by atoms with van der Waals surface area (Å²) in [4.78, 5) is 29.0. The van der Waals surface area contributed by atoms with Crippen molar-refractivity contribution in [1.82, 2.24) is 9.88 Å². The van der Waals surface area contributed by atoms with Gasteiger partial charge in [-0.05, 0) is 43.4 Å². The molecule has 2 unspecified atom stereocenters. The second kappa shape index (κ2) is 6.52. The lowest BCUT2D eigenvalue weighted by atomic mass is 9.92. The molecular weight excluding hydrogens is 268 g/mol. The number of carboxylic acid groups (broad SMARTS) is 1. The zero-order valence-electron chi connectivity index (χ0n) is 12.3. The number of carbonyl (C=O) groups is 2. The zero-order chi connectivity index (χ0) is 15.4. The van der Waals surface area contributed by atoms with Crippen LogP contribution in [0.5, 0.6) is 0 Å². The minimum atomic E-state index is -1.01. The van der Waals surface area contributed by atoms with Crippen LogP contribution in [0.3, 0.4) is 0 Å². The van der Waals surface area contributed by atoms with E-state index in [-0.39, 0.29) is 11.9 Å². The van der Waals surface area contributed by atoms with E-state index in [0.29, 0.717) is 17.2 Å². The molecule has 0 radical (unpaired) electrons. The van der Waals surface area contributed by atoms with E-state index in [4.69, 9.17) is 5.11 Å². The van der Waals surface area contributed by atoms with Crippen LogP contribution in [0.25, 0.3) is 6.08 Å². The number of nitrogens with zero attached hydrogens (tertiary/aromatic N) is 2. The number of hydrogen-bond donors (Lipinski definition) is 1. The van der Waals surface area contributed by atoms with Gasteiger partial charge in [0.15, 0.2) is 0 Å². The Bertz CT molecular complexity index is 551. The molecule has 0 bridgehead atoms. The van der Waals surface area contributed by atoms with Crippen LogP contribution >= 0.6 is 0 Å². The largest absolute Gasteiger partial charge is 0.478 e. The van der Waals surface area contributed by atoms with Crippen LogP contribution in [0.4, 0.5) is 0 Å². The highest BCUT2D eigenvalue weighted by Gasteiger charge is 2.29. The lowest BCUT2D eigenvalue weighted by molar-refractivity contribution is -0.131. The smallest absolute Gasteiger partial charge is 0.328 e. The van der Waals surface area contributed by atoms with Gasteiger partial charge < -0.3 is 10.0 Å². The molecule has 0 aliphatic carbocycles. The molecule has 1 fully saturated rings. The number of rotatable bonds is 3. The van der Waals surface area contributed by atoms with Crippen molar-refractivity contribution in [2.24, 2.45) is 5.92 Å². The summed E-state index contributed by atoms with van der Waals surface area (Å²) in [6, 6.07) is 3.58. The normalized spacial score (nSPS) is 22.5. The number of carboxylic acids is 1. The SMILES string of the molecule is CC1CCCN(C(=O)c2ccc(C=CC(=O)O)cn2)C1C. The number of hydrogen-bond acceptors (Lipinski definition) is 3. The maximum Gasteiger partial charge on any atom is 0.328 e. The average Bonchev–Trinajstić information content (AvgIpc) is 2.48. The lowest BCUT2D eigenvalue weighted by Gasteiger charge is -2.37. The van der Waals surface area contributed by atoms with Crippen LogP contribution in [0, 0.1) is 5.92 Å². The topological polar surface area (TPSA) is 70.5 Å². The van der Waals surface area contributed by atoms with Gasteiger partial charge in [-0.3, -0.25) is 9.78 Å². The van der Waals surface area contributed by atoms with E-state index in [1.807, 2.05) is 4.90 Å². The van der Waals surface area contributed by atoms with Crippen LogP contribution in [-0.2, 0) is 4.79 Å². The number of piperidine rings is 1. The molecule has 1 aromatic rings. The second-order valence-corrected chi connectivity index (χ2v) is 5.51. The molecule has 5 nitrogen and oxygen atoms in total. The number of amides is 1. The summed E-state index contributed by atoms with van der Waals surface area (Å²) in [6.07, 6.45) is 6.20. The van der Waals surface area contributed by atoms with E-state index in [9.17, 15) is 9.59 Å². The Hall–Kier alpha value is -2.17. The zero-order valence-corrected chi connectivity index (χ0v) is 12.3. The third-order valence-electron chi connectivity index (χ3n) is 4.06. The molecule has 1 N–H and O–H groups in total. The minimum absolute atomic E-state index is 0.0529. The number of likely N-dealkylation sites (tertiary alicyclic amines) is 1. The van der Waals surface area contributed by atoms with Gasteiger partial charge in [0.05, 0.1) is 0 Å². The first kappa shape index (κ1) is 15.2. The summed E-state index contributed by atoms with van der Waals surface area (Å²) >= 11 is 0. The number of aliphatic carboxylic acids is 1. The average molecular weight is 288 g/mol. The molecule has 1 amide bonds. The molecule has 112 valence electrons. The first-order chi connectivity index (χ1) is 9.99. The fourth-order valence-electron chi connectivity index (χ4n) is 2.57. The van der Waals surface area contributed by atoms with Crippen molar-refractivity contribution in [3.05, 3.63) is 35.7 Å². The fourth-order valence-corrected chi connectivity index (χ4v) is 2.57. The first-order valence-electron chi connectivity index (χ1n) is 7.17. The molecule has 5 heteroatoms. The monoisotopic (exact) mass is 288 g/mol. The van der Waals surface area contributed by atoms with Gasteiger partial charge in [-0.1, -0.05) is 13.0 Å². The Balaban J connectivity index is 2.11. The summed E-state index contributed by atoms with van der Waals surface area (Å²) < 4.78 is 0. The molecule has 2 heterocycles. The molecule has 2 atom stereocenters. The predicted molar refractivity (Wildman–Crippen MR) is 79.8 cm³/mol. The second-order valence-electron chi connectivity index (χ2n) is 5.51. The van der Waals surface area contributed by atoms with Gasteiger partial charge in [0, 0.05) is 24.9 Å². The summed E-state index contributed by atoms with van der Waals surface area (Å²) in [5.74, 6) is -0.561. The standard InChI is InChI=1S/C16H20N2O3/c1-11-4-3-9-18(12(11)2)16(21)14-7-5-13(10-17-14)6-8-15(19)20/h5-8,10-12H,3-4,9H2,1-2H3,(H,19,20). The molecular formula is C16H20N2O3. The van der Waals surface area contributed by atoms with E-state index in [1.165, 1.54) is 12.3 Å². The number of carbonyl (C=O) groups excluding carboxylic acids is 1. The Labute approximate surface area is 124 Å². The van der Waals surface area contributed by atoms with Crippen molar-refractivity contribution in [3.8, 4) is 0 Å². The van der Waals surface area contributed by atoms with Crippen molar-refractivity contribution >= 4 is 18.0 Å². The quantitative estimate of drug-likeness (QED) is 0.867. The molecule has 0 spiro atoms. The lowest BCUT2D eigenvalue weighted by Crippen LogP contribution is -2.46. The summed E-state index contributed by atoms with van der Waals surface area (Å²) in [5.41, 5.74) is 1.07. The van der Waals surface area contributed by atoms with E-state index >= 15 is 0 Å². The van der Waals surface area contributed by atoms with Gasteiger partial charge in [-0.2, -0.15) is 0 Å². The van der Waals surface area contributed by atoms with Crippen molar-refractivity contribution in [2.45, 2.75) is 32.7 Å². The third kappa shape index (κ3) is 3.68. The maximum atomic E-state index is 12.5. The fraction of sp³-hybridized carbons (Fsp3) is 0.438. The molecule has 1 aliphatic heterocycles. The number of pyridine rings is 1. The van der Waals surface area contributed by atoms with Crippen molar-refractivity contribution in [1.29, 1.82) is 0 Å². The molecule has 2 rings (SSSR count). The van der Waals surface area contributed by atoms with Crippen molar-refractivity contribution < 1.29 is 14.7 Å².